The summed E-state index contributed by atoms with van der Waals surface area (Å²) in [7, 11) is 0. The van der Waals surface area contributed by atoms with Crippen molar-refractivity contribution in [1.82, 2.24) is 0 Å². The van der Waals surface area contributed by atoms with Crippen LogP contribution in [-0.4, -0.2) is 11.1 Å². The summed E-state index contributed by atoms with van der Waals surface area (Å²) in [6.45, 7) is 0. The van der Waals surface area contributed by atoms with Crippen LogP contribution in [0.25, 0.3) is 1.43 Å². The van der Waals surface area contributed by atoms with Crippen molar-refractivity contribution >= 4 is 11.7 Å². The predicted molar refractivity (Wildman–Crippen MR) is 37.8 cm³/mol. The molecule has 0 aliphatic heterocycles. The Morgan fingerprint density at radius 3 is 3.30 bits per heavy atom. The molecule has 0 saturated carbocycles. The summed E-state index contributed by atoms with van der Waals surface area (Å²) in [5.74, 6) is -0.846. The minimum Gasteiger partial charge on any atom is -0.478 e. The summed E-state index contributed by atoms with van der Waals surface area (Å²) >= 11 is 0. The second-order valence-corrected chi connectivity index (χ2v) is 1.80. The Balaban J connectivity index is 3.13. The molecule has 0 heterocycles. The maximum absolute atomic E-state index is 10.8. The predicted octanol–water partition coefficient (Wildman–Crippen LogP) is 0.967. The minimum atomic E-state index is -0.846. The van der Waals surface area contributed by atoms with E-state index in [4.69, 9.17) is 8.54 Å². The number of anilines is 1. The van der Waals surface area contributed by atoms with E-state index in [1.165, 1.54) is 18.2 Å². The molecule has 52 valence electrons. The molecule has 10 heavy (non-hydrogen) atoms. The number of carboxylic acid groups (broad SMARTS) is 1. The van der Waals surface area contributed by atoms with Crippen molar-refractivity contribution in [1.29, 1.82) is 1.43 Å². The number of aromatic carboxylic acids is 1. The fourth-order valence-electron chi connectivity index (χ4n) is 0.619. The van der Waals surface area contributed by atoms with Gasteiger partial charge in [-0.05, 0) is 12.1 Å². The van der Waals surface area contributed by atoms with Crippen molar-refractivity contribution in [3.05, 3.63) is 29.8 Å². The molecule has 1 aromatic carbocycles. The van der Waals surface area contributed by atoms with Crippen LogP contribution in [0.1, 0.15) is 11.7 Å². The molecule has 0 atom stereocenters. The zero-order valence-corrected chi connectivity index (χ0v) is 5.13. The standard InChI is InChI=1S/C7H7NO2/c8-6-4-2-1-3-5(6)7(9)10/h1-4H,8H2,(H,9,10)/i1T/hT. The first-order valence-electron chi connectivity index (χ1n) is 3.59. The van der Waals surface area contributed by atoms with E-state index in [1.807, 2.05) is 0 Å². The zero-order valence-electron chi connectivity index (χ0n) is 7.13. The maximum Gasteiger partial charge on any atom is 0.337 e. The van der Waals surface area contributed by atoms with Gasteiger partial charge in [-0.1, -0.05) is 12.1 Å². The Bertz CT molecular complexity index is 314. The maximum atomic E-state index is 10.8. The molecule has 1 aromatic rings. The van der Waals surface area contributed by atoms with Crippen molar-refractivity contribution in [2.45, 2.75) is 0 Å². The second kappa shape index (κ2) is 2.39. The third-order valence-electron chi connectivity index (χ3n) is 1.12. The molecule has 0 unspecified atom stereocenters. The van der Waals surface area contributed by atoms with Crippen molar-refractivity contribution < 1.29 is 11.3 Å². The van der Waals surface area contributed by atoms with Crippen LogP contribution in [0.4, 0.5) is 5.69 Å². The van der Waals surface area contributed by atoms with Crippen molar-refractivity contribution in [2.24, 2.45) is 0 Å². The lowest BCUT2D eigenvalue weighted by molar-refractivity contribution is 0.0698. The fraction of sp³-hybridized carbons (Fsp3) is 0. The number of hydrogen-bond acceptors (Lipinski definition) is 3. The summed E-state index contributed by atoms with van der Waals surface area (Å²) in [6.07, 6.45) is 0. The van der Waals surface area contributed by atoms with E-state index in [1.54, 1.807) is 0 Å². The quantitative estimate of drug-likeness (QED) is 0.573. The summed E-state index contributed by atoms with van der Waals surface area (Å²) < 4.78 is 13.5. The van der Waals surface area contributed by atoms with Crippen LogP contribution in [0.15, 0.2) is 24.2 Å². The van der Waals surface area contributed by atoms with Gasteiger partial charge in [-0.25, -0.2) is 4.79 Å². The van der Waals surface area contributed by atoms with Gasteiger partial charge in [0.15, 0.2) is 0 Å². The molecule has 0 fully saturated rings. The smallest absolute Gasteiger partial charge is 0.337 e. The number of nitrogen functional groups attached to an aromatic ring is 1. The number of rotatable bonds is 1. The molecule has 0 bridgehead atoms. The molecule has 0 amide bonds. The number of nitrogens with two attached hydrogens (primary N) is 1. The zero-order chi connectivity index (χ0) is 9.14. The fourth-order valence-corrected chi connectivity index (χ4v) is 0.619. The molecule has 0 spiro atoms. The van der Waals surface area contributed by atoms with Gasteiger partial charge in [0.1, 0.15) is 0 Å². The molecule has 0 aliphatic carbocycles. The first-order valence-corrected chi connectivity index (χ1v) is 2.68. The number of para-hydroxylation sites is 1. The van der Waals surface area contributed by atoms with E-state index in [0.29, 0.717) is 0 Å². The summed E-state index contributed by atoms with van der Waals surface area (Å²) in [5, 5.41) is 3.72. The lowest BCUT2D eigenvalue weighted by Gasteiger charge is -1.96. The van der Waals surface area contributed by atoms with Crippen molar-refractivity contribution in [3.63, 3.8) is 0 Å². The molecule has 3 N–H and O–H groups in total. The molecule has 0 aromatic heterocycles. The lowest BCUT2D eigenvalue weighted by Crippen LogP contribution is -2.00. The molecule has 3 nitrogen and oxygen atoms in total. The van der Waals surface area contributed by atoms with Crippen LogP contribution < -0.4 is 5.73 Å². The van der Waals surface area contributed by atoms with Gasteiger partial charge in [-0.2, -0.15) is 0 Å². The Morgan fingerprint density at radius 1 is 1.80 bits per heavy atom. The highest BCUT2D eigenvalue weighted by molar-refractivity contribution is 5.93. The van der Waals surface area contributed by atoms with Gasteiger partial charge in [-0.15, -0.1) is 0 Å². The summed E-state index contributed by atoms with van der Waals surface area (Å²) in [6, 6.07) is 4.29. The van der Waals surface area contributed by atoms with Crippen LogP contribution in [0, 0.1) is 0 Å². The van der Waals surface area contributed by atoms with Crippen LogP contribution in [0.5, 0.6) is 0 Å². The number of hydrogen-bond donors (Lipinski definition) is 2. The molecule has 0 aliphatic rings. The normalized spacial score (nSPS) is 11.6. The summed E-state index contributed by atoms with van der Waals surface area (Å²) in [4.78, 5) is 10.8. The van der Waals surface area contributed by atoms with Gasteiger partial charge in [0.2, 0.25) is 0 Å². The van der Waals surface area contributed by atoms with Gasteiger partial charge < -0.3 is 10.8 Å². The van der Waals surface area contributed by atoms with Gasteiger partial charge in [0.25, 0.3) is 1.43 Å². The van der Waals surface area contributed by atoms with Gasteiger partial charge in [0.05, 0.1) is 6.93 Å². The van der Waals surface area contributed by atoms with Gasteiger partial charge in [-0.3, -0.25) is 0 Å². The van der Waals surface area contributed by atoms with E-state index < -0.39 is 5.97 Å². The Hall–Kier alpha value is -1.51. The molecule has 3 heteroatoms. The average Bonchev–Trinajstić information content (AvgIpc) is 2.08. The molecular formula is C7H7NO2. The van der Waals surface area contributed by atoms with Gasteiger partial charge >= 0.3 is 5.97 Å². The van der Waals surface area contributed by atoms with Crippen molar-refractivity contribution in [3.8, 4) is 0 Å². The monoisotopic (exact) mass is 141 g/mol. The number of benzene rings is 1. The second-order valence-electron chi connectivity index (χ2n) is 1.80. The summed E-state index contributed by atoms with van der Waals surface area (Å²) in [5.41, 5.74) is 5.66. The molecular weight excluding hydrogens is 130 g/mol. The van der Waals surface area contributed by atoms with E-state index in [2.05, 4.69) is 5.11 Å². The minimum absolute atomic E-state index is 0.0532. The highest BCUT2D eigenvalue weighted by atomic mass is 16.4. The molecule has 1 rings (SSSR count). The Labute approximate surface area is 61.0 Å². The van der Waals surface area contributed by atoms with Crippen LogP contribution >= 0.6 is 0 Å². The number of carbonyl (C=O) groups is 1. The van der Waals surface area contributed by atoms with Crippen LogP contribution in [-0.2, 0) is 0 Å². The SMILES string of the molecule is [3H]OC(=O)c1cc([3H])ccc1N. The van der Waals surface area contributed by atoms with E-state index in [9.17, 15) is 4.79 Å². The number of carboxylic acids is 1. The third-order valence-corrected chi connectivity index (χ3v) is 1.12. The first kappa shape index (κ1) is 4.33. The molecule has 0 saturated heterocycles. The van der Waals surface area contributed by atoms with Crippen molar-refractivity contribution in [2.75, 3.05) is 5.73 Å². The topological polar surface area (TPSA) is 63.3 Å². The largest absolute Gasteiger partial charge is 0.478 e. The van der Waals surface area contributed by atoms with Crippen LogP contribution in [0.3, 0.4) is 0 Å². The van der Waals surface area contributed by atoms with E-state index in [-0.39, 0.29) is 17.3 Å². The van der Waals surface area contributed by atoms with Gasteiger partial charge in [0, 0.05) is 5.69 Å². The first-order chi connectivity index (χ1) is 5.65. The van der Waals surface area contributed by atoms with E-state index in [0.717, 1.165) is 0 Å². The van der Waals surface area contributed by atoms with E-state index >= 15 is 0 Å². The third kappa shape index (κ3) is 1.07. The Kier molecular flexibility index (Phi) is 1.03. The molecule has 0 radical (unpaired) electrons. The average molecular weight is 141 g/mol. The lowest BCUT2D eigenvalue weighted by atomic mass is 10.2. The van der Waals surface area contributed by atoms with Crippen LogP contribution in [0.2, 0.25) is 0 Å². The highest BCUT2D eigenvalue weighted by Crippen LogP contribution is 2.08. The highest BCUT2D eigenvalue weighted by Gasteiger charge is 2.03. The Morgan fingerprint density at radius 2 is 2.60 bits per heavy atom.